The van der Waals surface area contributed by atoms with E-state index in [1.807, 2.05) is 6.92 Å². The zero-order valence-corrected chi connectivity index (χ0v) is 12.9. The highest BCUT2D eigenvalue weighted by molar-refractivity contribution is 5.98. The number of aryl methyl sites for hydroxylation is 1. The maximum absolute atomic E-state index is 12.2. The first-order valence-electron chi connectivity index (χ1n) is 6.94. The number of anilines is 1. The monoisotopic (exact) mass is 311 g/mol. The largest absolute Gasteiger partial charge is 0.366 e. The molecule has 1 fully saturated rings. The summed E-state index contributed by atoms with van der Waals surface area (Å²) in [6.45, 7) is 1.81. The Bertz CT molecular complexity index is 534. The van der Waals surface area contributed by atoms with Gasteiger partial charge in [-0.1, -0.05) is 12.5 Å². The number of rotatable bonds is 3. The highest BCUT2D eigenvalue weighted by Gasteiger charge is 2.25. The Kier molecular flexibility index (Phi) is 6.18. The smallest absolute Gasteiger partial charge is 0.249 e. The lowest BCUT2D eigenvalue weighted by atomic mass is 9.85. The Morgan fingerprint density at radius 2 is 2.00 bits per heavy atom. The number of nitrogens with two attached hydrogens (primary N) is 2. The van der Waals surface area contributed by atoms with Crippen molar-refractivity contribution in [3.8, 4) is 0 Å². The van der Waals surface area contributed by atoms with Crippen molar-refractivity contribution in [3.05, 3.63) is 29.3 Å². The summed E-state index contributed by atoms with van der Waals surface area (Å²) in [5.41, 5.74) is 13.0. The Morgan fingerprint density at radius 3 is 2.62 bits per heavy atom. The summed E-state index contributed by atoms with van der Waals surface area (Å²) >= 11 is 0. The van der Waals surface area contributed by atoms with Crippen LogP contribution in [0.4, 0.5) is 5.69 Å². The summed E-state index contributed by atoms with van der Waals surface area (Å²) in [6.07, 6.45) is 3.56. The summed E-state index contributed by atoms with van der Waals surface area (Å²) in [5.74, 6) is -0.560. The molecule has 2 atom stereocenters. The van der Waals surface area contributed by atoms with E-state index in [-0.39, 0.29) is 30.3 Å². The summed E-state index contributed by atoms with van der Waals surface area (Å²) in [4.78, 5) is 23.5. The van der Waals surface area contributed by atoms with Gasteiger partial charge < -0.3 is 16.8 Å². The minimum atomic E-state index is -0.488. The molecule has 1 aliphatic carbocycles. The Hall–Kier alpha value is -1.59. The van der Waals surface area contributed by atoms with Crippen LogP contribution in [0.15, 0.2) is 18.2 Å². The van der Waals surface area contributed by atoms with Crippen LogP contribution < -0.4 is 16.8 Å². The molecule has 6 heteroatoms. The summed E-state index contributed by atoms with van der Waals surface area (Å²) in [6, 6.07) is 5.29. The minimum absolute atomic E-state index is 0. The molecule has 0 radical (unpaired) electrons. The van der Waals surface area contributed by atoms with Gasteiger partial charge in [0.25, 0.3) is 0 Å². The van der Waals surface area contributed by atoms with E-state index in [4.69, 9.17) is 11.5 Å². The fraction of sp³-hybridized carbons (Fsp3) is 0.467. The molecule has 2 rings (SSSR count). The molecule has 116 valence electrons. The highest BCUT2D eigenvalue weighted by atomic mass is 35.5. The molecule has 0 spiro atoms. The van der Waals surface area contributed by atoms with Crippen LogP contribution in [-0.2, 0) is 4.79 Å². The van der Waals surface area contributed by atoms with Crippen LogP contribution in [0.1, 0.15) is 41.6 Å². The zero-order chi connectivity index (χ0) is 14.7. The van der Waals surface area contributed by atoms with Crippen LogP contribution in [0.5, 0.6) is 0 Å². The van der Waals surface area contributed by atoms with E-state index in [0.29, 0.717) is 11.3 Å². The van der Waals surface area contributed by atoms with Crippen molar-refractivity contribution in [3.63, 3.8) is 0 Å². The van der Waals surface area contributed by atoms with Crippen molar-refractivity contribution in [2.45, 2.75) is 38.6 Å². The number of hydrogen-bond donors (Lipinski definition) is 3. The van der Waals surface area contributed by atoms with Gasteiger partial charge in [-0.25, -0.2) is 0 Å². The second-order valence-corrected chi connectivity index (χ2v) is 5.51. The predicted molar refractivity (Wildman–Crippen MR) is 85.5 cm³/mol. The third-order valence-corrected chi connectivity index (χ3v) is 3.86. The molecule has 5 N–H and O–H groups in total. The maximum atomic E-state index is 12.2. The summed E-state index contributed by atoms with van der Waals surface area (Å²) in [5, 5.41) is 2.85. The quantitative estimate of drug-likeness (QED) is 0.796. The summed E-state index contributed by atoms with van der Waals surface area (Å²) in [7, 11) is 0. The van der Waals surface area contributed by atoms with E-state index in [9.17, 15) is 9.59 Å². The van der Waals surface area contributed by atoms with Gasteiger partial charge in [-0.05, 0) is 43.9 Å². The molecule has 2 unspecified atom stereocenters. The van der Waals surface area contributed by atoms with Gasteiger partial charge >= 0.3 is 0 Å². The molecule has 1 aromatic rings. The first kappa shape index (κ1) is 17.5. The Balaban J connectivity index is 0.00000220. The van der Waals surface area contributed by atoms with Gasteiger partial charge in [0.05, 0.1) is 0 Å². The SMILES string of the molecule is Cc1ccc(NC(=O)C2CCCC(N)C2)cc1C(N)=O.Cl. The third kappa shape index (κ3) is 4.44. The van der Waals surface area contributed by atoms with E-state index in [1.165, 1.54) is 0 Å². The fourth-order valence-corrected chi connectivity index (χ4v) is 2.68. The van der Waals surface area contributed by atoms with Gasteiger partial charge in [0, 0.05) is 23.2 Å². The second kappa shape index (κ2) is 7.43. The molecule has 1 aliphatic rings. The average molecular weight is 312 g/mol. The molecule has 21 heavy (non-hydrogen) atoms. The predicted octanol–water partition coefficient (Wildman–Crippen LogP) is 1.97. The normalized spacial score (nSPS) is 21.2. The molecule has 1 aromatic carbocycles. The summed E-state index contributed by atoms with van der Waals surface area (Å²) < 4.78 is 0. The third-order valence-electron chi connectivity index (χ3n) is 3.86. The number of amides is 2. The van der Waals surface area contributed by atoms with Crippen LogP contribution >= 0.6 is 12.4 Å². The van der Waals surface area contributed by atoms with Crippen molar-refractivity contribution in [1.29, 1.82) is 0 Å². The lowest BCUT2D eigenvalue weighted by Gasteiger charge is -2.25. The first-order chi connectivity index (χ1) is 9.47. The van der Waals surface area contributed by atoms with Crippen molar-refractivity contribution < 1.29 is 9.59 Å². The van der Waals surface area contributed by atoms with Gasteiger partial charge in [-0.15, -0.1) is 12.4 Å². The topological polar surface area (TPSA) is 98.2 Å². The first-order valence-corrected chi connectivity index (χ1v) is 6.94. The van der Waals surface area contributed by atoms with Crippen molar-refractivity contribution in [2.75, 3.05) is 5.32 Å². The van der Waals surface area contributed by atoms with E-state index in [0.717, 1.165) is 31.2 Å². The fourth-order valence-electron chi connectivity index (χ4n) is 2.68. The lowest BCUT2D eigenvalue weighted by molar-refractivity contribution is -0.120. The van der Waals surface area contributed by atoms with Crippen molar-refractivity contribution in [1.82, 2.24) is 0 Å². The lowest BCUT2D eigenvalue weighted by Crippen LogP contribution is -2.34. The Labute approximate surface area is 130 Å². The molecular formula is C15H22ClN3O2. The average Bonchev–Trinajstić information content (AvgIpc) is 2.40. The number of halogens is 1. The van der Waals surface area contributed by atoms with Crippen LogP contribution in [0, 0.1) is 12.8 Å². The number of carbonyl (C=O) groups excluding carboxylic acids is 2. The maximum Gasteiger partial charge on any atom is 0.249 e. The Morgan fingerprint density at radius 1 is 1.29 bits per heavy atom. The minimum Gasteiger partial charge on any atom is -0.366 e. The van der Waals surface area contributed by atoms with Gasteiger partial charge in [0.2, 0.25) is 11.8 Å². The molecular weight excluding hydrogens is 290 g/mol. The van der Waals surface area contributed by atoms with Crippen LogP contribution in [0.2, 0.25) is 0 Å². The molecule has 5 nitrogen and oxygen atoms in total. The van der Waals surface area contributed by atoms with E-state index < -0.39 is 5.91 Å². The molecule has 1 saturated carbocycles. The molecule has 0 heterocycles. The van der Waals surface area contributed by atoms with Gasteiger partial charge in [-0.3, -0.25) is 9.59 Å². The number of benzene rings is 1. The second-order valence-electron chi connectivity index (χ2n) is 5.51. The molecule has 2 amide bonds. The highest BCUT2D eigenvalue weighted by Crippen LogP contribution is 2.25. The molecule has 0 saturated heterocycles. The van der Waals surface area contributed by atoms with Crippen molar-refractivity contribution in [2.24, 2.45) is 17.4 Å². The molecule has 0 aliphatic heterocycles. The van der Waals surface area contributed by atoms with Crippen LogP contribution in [0.3, 0.4) is 0 Å². The molecule has 0 aromatic heterocycles. The van der Waals surface area contributed by atoms with E-state index >= 15 is 0 Å². The van der Waals surface area contributed by atoms with E-state index in [1.54, 1.807) is 18.2 Å². The zero-order valence-electron chi connectivity index (χ0n) is 12.1. The van der Waals surface area contributed by atoms with Crippen molar-refractivity contribution >= 4 is 29.9 Å². The number of nitrogens with one attached hydrogen (secondary N) is 1. The van der Waals surface area contributed by atoms with Gasteiger partial charge in [0.1, 0.15) is 0 Å². The standard InChI is InChI=1S/C15H21N3O2.ClH/c1-9-5-6-12(8-13(9)14(17)19)18-15(20)10-3-2-4-11(16)7-10;/h5-6,8,10-11H,2-4,7,16H2,1H3,(H2,17,19)(H,18,20);1H. The number of hydrogen-bond acceptors (Lipinski definition) is 3. The molecule has 0 bridgehead atoms. The number of primary amides is 1. The van der Waals surface area contributed by atoms with Gasteiger partial charge in [0.15, 0.2) is 0 Å². The van der Waals surface area contributed by atoms with Crippen LogP contribution in [0.25, 0.3) is 0 Å². The van der Waals surface area contributed by atoms with E-state index in [2.05, 4.69) is 5.32 Å². The number of carbonyl (C=O) groups is 2. The van der Waals surface area contributed by atoms with Gasteiger partial charge in [-0.2, -0.15) is 0 Å². The van der Waals surface area contributed by atoms with Crippen LogP contribution in [-0.4, -0.2) is 17.9 Å².